The minimum absolute atomic E-state index is 0.0430. The van der Waals surface area contributed by atoms with Crippen LogP contribution in [0.25, 0.3) is 0 Å². The molecule has 0 saturated carbocycles. The average molecular weight is 314 g/mol. The Morgan fingerprint density at radius 2 is 2.09 bits per heavy atom. The largest absolute Gasteiger partial charge is 0.497 e. The maximum absolute atomic E-state index is 12.2. The van der Waals surface area contributed by atoms with Crippen molar-refractivity contribution in [3.05, 3.63) is 48.2 Å². The molecule has 0 bridgehead atoms. The van der Waals surface area contributed by atoms with Crippen LogP contribution in [-0.2, 0) is 4.74 Å². The van der Waals surface area contributed by atoms with E-state index in [1.807, 2.05) is 0 Å². The van der Waals surface area contributed by atoms with Crippen molar-refractivity contribution < 1.29 is 19.0 Å². The topological polar surface area (TPSA) is 69.7 Å². The Bertz CT molecular complexity index is 649. The van der Waals surface area contributed by atoms with Gasteiger partial charge in [-0.15, -0.1) is 0 Å². The molecule has 1 N–H and O–H groups in total. The highest BCUT2D eigenvalue weighted by Gasteiger charge is 2.17. The Morgan fingerprint density at radius 3 is 2.70 bits per heavy atom. The standard InChI is InChI=1S/C17H18N2O4/c1-21-14-5-3-13(4-6-14)19-17(20)12-2-7-16(18-10-12)23-15-8-9-22-11-15/h2-7,10,15H,8-9,11H2,1H3,(H,19,20). The number of ether oxygens (including phenoxy) is 3. The molecule has 120 valence electrons. The third-order valence-electron chi connectivity index (χ3n) is 3.52. The van der Waals surface area contributed by atoms with Gasteiger partial charge >= 0.3 is 0 Å². The van der Waals surface area contributed by atoms with Crippen molar-refractivity contribution in [3.63, 3.8) is 0 Å². The number of aromatic nitrogens is 1. The second-order valence-electron chi connectivity index (χ2n) is 5.17. The number of nitrogens with one attached hydrogen (secondary N) is 1. The van der Waals surface area contributed by atoms with Gasteiger partial charge in [0, 0.05) is 24.4 Å². The van der Waals surface area contributed by atoms with Gasteiger partial charge in [-0.05, 0) is 30.3 Å². The van der Waals surface area contributed by atoms with Crippen LogP contribution in [0, 0.1) is 0 Å². The summed E-state index contributed by atoms with van der Waals surface area (Å²) in [5, 5.41) is 2.81. The molecule has 1 amide bonds. The van der Waals surface area contributed by atoms with Gasteiger partial charge in [0.05, 0.1) is 25.9 Å². The zero-order valence-electron chi connectivity index (χ0n) is 12.8. The van der Waals surface area contributed by atoms with Crippen LogP contribution >= 0.6 is 0 Å². The van der Waals surface area contributed by atoms with E-state index in [1.165, 1.54) is 6.20 Å². The predicted octanol–water partition coefficient (Wildman–Crippen LogP) is 2.51. The van der Waals surface area contributed by atoms with Gasteiger partial charge in [0.1, 0.15) is 11.9 Å². The number of rotatable bonds is 5. The van der Waals surface area contributed by atoms with Crippen LogP contribution in [0.3, 0.4) is 0 Å². The molecule has 1 saturated heterocycles. The Hall–Kier alpha value is -2.60. The summed E-state index contributed by atoms with van der Waals surface area (Å²) in [7, 11) is 1.60. The summed E-state index contributed by atoms with van der Waals surface area (Å²) in [4.78, 5) is 16.4. The van der Waals surface area contributed by atoms with Crippen LogP contribution < -0.4 is 14.8 Å². The molecular weight excluding hydrogens is 296 g/mol. The molecule has 1 unspecified atom stereocenters. The minimum atomic E-state index is -0.224. The normalized spacial score (nSPS) is 16.8. The Morgan fingerprint density at radius 1 is 1.26 bits per heavy atom. The molecule has 1 aliphatic rings. The van der Waals surface area contributed by atoms with Gasteiger partial charge < -0.3 is 19.5 Å². The number of methoxy groups -OCH3 is 1. The van der Waals surface area contributed by atoms with E-state index in [9.17, 15) is 4.79 Å². The number of anilines is 1. The fourth-order valence-electron chi connectivity index (χ4n) is 2.24. The second-order valence-corrected chi connectivity index (χ2v) is 5.17. The highest BCUT2D eigenvalue weighted by molar-refractivity contribution is 6.04. The highest BCUT2D eigenvalue weighted by atomic mass is 16.5. The molecule has 1 atom stereocenters. The molecule has 1 aromatic heterocycles. The van der Waals surface area contributed by atoms with Crippen molar-refractivity contribution in [3.8, 4) is 11.6 Å². The molecular formula is C17H18N2O4. The summed E-state index contributed by atoms with van der Waals surface area (Å²) in [6.45, 7) is 1.30. The van der Waals surface area contributed by atoms with Gasteiger partial charge in [-0.1, -0.05) is 0 Å². The number of carbonyl (C=O) groups excluding carboxylic acids is 1. The SMILES string of the molecule is COc1ccc(NC(=O)c2ccc(OC3CCOC3)nc2)cc1. The number of carbonyl (C=O) groups is 1. The minimum Gasteiger partial charge on any atom is -0.497 e. The molecule has 6 heteroatoms. The summed E-state index contributed by atoms with van der Waals surface area (Å²) in [5.74, 6) is 1.02. The van der Waals surface area contributed by atoms with E-state index < -0.39 is 0 Å². The molecule has 3 rings (SSSR count). The van der Waals surface area contributed by atoms with E-state index in [0.717, 1.165) is 12.2 Å². The van der Waals surface area contributed by atoms with Crippen LogP contribution in [0.1, 0.15) is 16.8 Å². The van der Waals surface area contributed by atoms with E-state index >= 15 is 0 Å². The third-order valence-corrected chi connectivity index (χ3v) is 3.52. The quantitative estimate of drug-likeness (QED) is 0.918. The fourth-order valence-corrected chi connectivity index (χ4v) is 2.24. The summed E-state index contributed by atoms with van der Waals surface area (Å²) in [6, 6.07) is 10.5. The first kappa shape index (κ1) is 15.3. The van der Waals surface area contributed by atoms with E-state index in [4.69, 9.17) is 14.2 Å². The van der Waals surface area contributed by atoms with Crippen molar-refractivity contribution in [1.29, 1.82) is 0 Å². The van der Waals surface area contributed by atoms with Crippen molar-refractivity contribution in [2.75, 3.05) is 25.6 Å². The molecule has 1 aliphatic heterocycles. The van der Waals surface area contributed by atoms with Crippen molar-refractivity contribution in [1.82, 2.24) is 4.98 Å². The van der Waals surface area contributed by atoms with Gasteiger partial charge in [-0.25, -0.2) is 4.98 Å². The molecule has 6 nitrogen and oxygen atoms in total. The first-order chi connectivity index (χ1) is 11.2. The molecule has 2 heterocycles. The fraction of sp³-hybridized carbons (Fsp3) is 0.294. The first-order valence-electron chi connectivity index (χ1n) is 7.40. The van der Waals surface area contributed by atoms with Crippen LogP contribution in [0.2, 0.25) is 0 Å². The second kappa shape index (κ2) is 7.11. The maximum Gasteiger partial charge on any atom is 0.257 e. The maximum atomic E-state index is 12.2. The number of hydrogen-bond donors (Lipinski definition) is 1. The zero-order chi connectivity index (χ0) is 16.1. The van der Waals surface area contributed by atoms with Crippen LogP contribution in [0.5, 0.6) is 11.6 Å². The van der Waals surface area contributed by atoms with E-state index in [2.05, 4.69) is 10.3 Å². The lowest BCUT2D eigenvalue weighted by atomic mass is 10.2. The lowest BCUT2D eigenvalue weighted by molar-refractivity contribution is 0.102. The summed E-state index contributed by atoms with van der Waals surface area (Å²) < 4.78 is 16.0. The summed E-state index contributed by atoms with van der Waals surface area (Å²) in [5.41, 5.74) is 1.16. The first-order valence-corrected chi connectivity index (χ1v) is 7.40. The molecule has 23 heavy (non-hydrogen) atoms. The lowest BCUT2D eigenvalue weighted by Gasteiger charge is -2.11. The number of benzene rings is 1. The van der Waals surface area contributed by atoms with E-state index in [-0.39, 0.29) is 12.0 Å². The number of pyridine rings is 1. The third kappa shape index (κ3) is 3.98. The Labute approximate surface area is 134 Å². The van der Waals surface area contributed by atoms with Crippen molar-refractivity contribution in [2.45, 2.75) is 12.5 Å². The highest BCUT2D eigenvalue weighted by Crippen LogP contribution is 2.17. The average Bonchev–Trinajstić information content (AvgIpc) is 3.09. The van der Waals surface area contributed by atoms with Gasteiger partial charge in [-0.2, -0.15) is 0 Å². The van der Waals surface area contributed by atoms with Crippen LogP contribution in [-0.4, -0.2) is 37.3 Å². The van der Waals surface area contributed by atoms with Gasteiger partial charge in [0.15, 0.2) is 0 Å². The van der Waals surface area contributed by atoms with Gasteiger partial charge in [-0.3, -0.25) is 4.79 Å². The van der Waals surface area contributed by atoms with Crippen LogP contribution in [0.4, 0.5) is 5.69 Å². The van der Waals surface area contributed by atoms with Crippen LogP contribution in [0.15, 0.2) is 42.6 Å². The van der Waals surface area contributed by atoms with E-state index in [1.54, 1.807) is 43.5 Å². The van der Waals surface area contributed by atoms with Crippen molar-refractivity contribution >= 4 is 11.6 Å². The summed E-state index contributed by atoms with van der Waals surface area (Å²) >= 11 is 0. The Kier molecular flexibility index (Phi) is 4.73. The molecule has 1 aromatic carbocycles. The van der Waals surface area contributed by atoms with Gasteiger partial charge in [0.25, 0.3) is 5.91 Å². The summed E-state index contributed by atoms with van der Waals surface area (Å²) in [6.07, 6.45) is 2.41. The van der Waals surface area contributed by atoms with Gasteiger partial charge in [0.2, 0.25) is 5.88 Å². The van der Waals surface area contributed by atoms with E-state index in [0.29, 0.717) is 30.3 Å². The molecule has 1 fully saturated rings. The number of amides is 1. The Balaban J connectivity index is 1.60. The predicted molar refractivity (Wildman–Crippen MR) is 85.0 cm³/mol. The number of nitrogens with zero attached hydrogens (tertiary/aromatic N) is 1. The molecule has 0 radical (unpaired) electrons. The number of hydrogen-bond acceptors (Lipinski definition) is 5. The smallest absolute Gasteiger partial charge is 0.257 e. The molecule has 0 aliphatic carbocycles. The molecule has 0 spiro atoms. The zero-order valence-corrected chi connectivity index (χ0v) is 12.8. The monoisotopic (exact) mass is 314 g/mol. The lowest BCUT2D eigenvalue weighted by Crippen LogP contribution is -2.17. The van der Waals surface area contributed by atoms with Crippen molar-refractivity contribution in [2.24, 2.45) is 0 Å². The molecule has 2 aromatic rings.